The number of halogens is 1. The molecule has 20 heavy (non-hydrogen) atoms. The molecule has 5 nitrogen and oxygen atoms in total. The van der Waals surface area contributed by atoms with Gasteiger partial charge in [-0.05, 0) is 28.1 Å². The number of nitrogens with zero attached hydrogens (tertiary/aromatic N) is 2. The summed E-state index contributed by atoms with van der Waals surface area (Å²) in [5.41, 5.74) is 0. The van der Waals surface area contributed by atoms with Crippen molar-refractivity contribution in [3.63, 3.8) is 0 Å². The number of methoxy groups -OCH3 is 1. The lowest BCUT2D eigenvalue weighted by Crippen LogP contribution is -2.51. The van der Waals surface area contributed by atoms with Crippen LogP contribution in [0, 0.1) is 0 Å². The van der Waals surface area contributed by atoms with E-state index in [-0.39, 0.29) is 6.10 Å². The van der Waals surface area contributed by atoms with Crippen LogP contribution in [0.4, 0.5) is 0 Å². The fourth-order valence-corrected chi connectivity index (χ4v) is 3.57. The number of rotatable bonds is 4. The highest BCUT2D eigenvalue weighted by atomic mass is 79.9. The highest BCUT2D eigenvalue weighted by Crippen LogP contribution is 2.21. The molecule has 1 aliphatic rings. The van der Waals surface area contributed by atoms with Crippen LogP contribution in [0.3, 0.4) is 0 Å². The lowest BCUT2D eigenvalue weighted by Gasteiger charge is -2.34. The molecule has 1 aliphatic heterocycles. The van der Waals surface area contributed by atoms with Gasteiger partial charge in [-0.3, -0.25) is 4.99 Å². The Kier molecular flexibility index (Phi) is 6.28. The Hall–Kier alpha value is -0.630. The predicted octanol–water partition coefficient (Wildman–Crippen LogP) is 1.93. The van der Waals surface area contributed by atoms with Crippen LogP contribution in [-0.4, -0.2) is 57.4 Å². The minimum absolute atomic E-state index is 0.114. The van der Waals surface area contributed by atoms with E-state index in [1.165, 1.54) is 4.88 Å². The van der Waals surface area contributed by atoms with E-state index in [0.29, 0.717) is 13.2 Å². The molecule has 2 heterocycles. The number of aliphatic imine (C=N–C) groups is 1. The zero-order valence-electron chi connectivity index (χ0n) is 11.8. The van der Waals surface area contributed by atoms with Gasteiger partial charge in [0.2, 0.25) is 0 Å². The molecular formula is C13H20BrN3O2S. The number of morpholine rings is 1. The molecule has 2 rings (SSSR count). The summed E-state index contributed by atoms with van der Waals surface area (Å²) in [5, 5.41) is 3.40. The Bertz CT molecular complexity index is 451. The zero-order chi connectivity index (χ0) is 14.4. The third kappa shape index (κ3) is 4.44. The molecule has 0 radical (unpaired) electrons. The van der Waals surface area contributed by atoms with Crippen LogP contribution in [-0.2, 0) is 16.0 Å². The lowest BCUT2D eigenvalue weighted by molar-refractivity contribution is -0.0447. The fourth-order valence-electron chi connectivity index (χ4n) is 2.14. The summed E-state index contributed by atoms with van der Waals surface area (Å²) in [5.74, 6) is 0.916. The molecule has 1 aromatic heterocycles. The summed E-state index contributed by atoms with van der Waals surface area (Å²) < 4.78 is 12.0. The Morgan fingerprint density at radius 3 is 3.15 bits per heavy atom. The zero-order valence-corrected chi connectivity index (χ0v) is 14.2. The molecule has 0 aliphatic carbocycles. The molecule has 7 heteroatoms. The number of nitrogens with one attached hydrogen (secondary N) is 1. The first-order chi connectivity index (χ1) is 9.72. The molecule has 0 spiro atoms. The Labute approximate surface area is 132 Å². The molecule has 0 aromatic carbocycles. The second-order valence-electron chi connectivity index (χ2n) is 4.50. The van der Waals surface area contributed by atoms with Crippen LogP contribution >= 0.6 is 27.3 Å². The lowest BCUT2D eigenvalue weighted by atomic mass is 10.3. The minimum atomic E-state index is 0.114. The van der Waals surface area contributed by atoms with Crippen molar-refractivity contribution in [3.05, 3.63) is 20.8 Å². The van der Waals surface area contributed by atoms with Crippen LogP contribution in [0.5, 0.6) is 0 Å². The van der Waals surface area contributed by atoms with E-state index < -0.39 is 0 Å². The van der Waals surface area contributed by atoms with Gasteiger partial charge in [0.1, 0.15) is 0 Å². The van der Waals surface area contributed by atoms with E-state index in [1.807, 2.05) is 7.05 Å². The van der Waals surface area contributed by atoms with E-state index in [0.717, 1.165) is 29.4 Å². The largest absolute Gasteiger partial charge is 0.382 e. The van der Waals surface area contributed by atoms with Crippen molar-refractivity contribution in [1.82, 2.24) is 10.2 Å². The Balaban J connectivity index is 1.87. The summed E-state index contributed by atoms with van der Waals surface area (Å²) in [6.45, 7) is 3.77. The number of hydrogen-bond acceptors (Lipinski definition) is 4. The molecule has 112 valence electrons. The second-order valence-corrected chi connectivity index (χ2v) is 7.05. The second kappa shape index (κ2) is 7.97. The standard InChI is InChI=1S/C13H20BrN3O2S/c1-15-13(16-7-11-3-4-12(14)20-11)17-5-6-19-10(8-17)9-18-2/h3-4,10H,5-9H2,1-2H3,(H,15,16). The fraction of sp³-hybridized carbons (Fsp3) is 0.615. The Morgan fingerprint density at radius 1 is 1.65 bits per heavy atom. The van der Waals surface area contributed by atoms with Gasteiger partial charge < -0.3 is 19.7 Å². The molecule has 1 saturated heterocycles. The predicted molar refractivity (Wildman–Crippen MR) is 85.4 cm³/mol. The molecule has 1 N–H and O–H groups in total. The van der Waals surface area contributed by atoms with Gasteiger partial charge in [0, 0.05) is 32.1 Å². The number of ether oxygens (including phenoxy) is 2. The quantitative estimate of drug-likeness (QED) is 0.657. The summed E-state index contributed by atoms with van der Waals surface area (Å²) in [7, 11) is 3.51. The first-order valence-corrected chi connectivity index (χ1v) is 8.14. The van der Waals surface area contributed by atoms with Gasteiger partial charge in [0.05, 0.1) is 29.6 Å². The van der Waals surface area contributed by atoms with E-state index in [2.05, 4.69) is 43.3 Å². The van der Waals surface area contributed by atoms with Crippen molar-refractivity contribution < 1.29 is 9.47 Å². The van der Waals surface area contributed by atoms with E-state index in [4.69, 9.17) is 9.47 Å². The third-order valence-electron chi connectivity index (χ3n) is 3.05. The molecule has 1 atom stereocenters. The monoisotopic (exact) mass is 361 g/mol. The normalized spacial score (nSPS) is 20.2. The minimum Gasteiger partial charge on any atom is -0.382 e. The first kappa shape index (κ1) is 15.8. The first-order valence-electron chi connectivity index (χ1n) is 6.53. The number of thiophene rings is 1. The van der Waals surface area contributed by atoms with Gasteiger partial charge in [0.25, 0.3) is 0 Å². The maximum atomic E-state index is 5.66. The van der Waals surface area contributed by atoms with Crippen LogP contribution in [0.1, 0.15) is 4.88 Å². The third-order valence-corrected chi connectivity index (χ3v) is 4.68. The summed E-state index contributed by atoms with van der Waals surface area (Å²) in [6, 6.07) is 4.18. The molecule has 0 bridgehead atoms. The summed E-state index contributed by atoms with van der Waals surface area (Å²) in [4.78, 5) is 7.85. The maximum Gasteiger partial charge on any atom is 0.194 e. The van der Waals surface area contributed by atoms with E-state index >= 15 is 0 Å². The van der Waals surface area contributed by atoms with Crippen molar-refractivity contribution >= 4 is 33.2 Å². The smallest absolute Gasteiger partial charge is 0.194 e. The molecule has 1 fully saturated rings. The molecule has 1 unspecified atom stereocenters. The topological polar surface area (TPSA) is 46.1 Å². The van der Waals surface area contributed by atoms with Crippen molar-refractivity contribution in [2.75, 3.05) is 40.5 Å². The van der Waals surface area contributed by atoms with Crippen LogP contribution in [0.25, 0.3) is 0 Å². The number of guanidine groups is 1. The van der Waals surface area contributed by atoms with Gasteiger partial charge in [0.15, 0.2) is 5.96 Å². The highest BCUT2D eigenvalue weighted by molar-refractivity contribution is 9.11. The van der Waals surface area contributed by atoms with Gasteiger partial charge >= 0.3 is 0 Å². The molecule has 1 aromatic rings. The van der Waals surface area contributed by atoms with Gasteiger partial charge in [-0.2, -0.15) is 0 Å². The van der Waals surface area contributed by atoms with E-state index in [1.54, 1.807) is 18.4 Å². The van der Waals surface area contributed by atoms with Crippen LogP contribution < -0.4 is 5.32 Å². The molecular weight excluding hydrogens is 342 g/mol. The highest BCUT2D eigenvalue weighted by Gasteiger charge is 2.22. The van der Waals surface area contributed by atoms with Crippen LogP contribution in [0.15, 0.2) is 20.9 Å². The van der Waals surface area contributed by atoms with Crippen molar-refractivity contribution in [2.24, 2.45) is 4.99 Å². The van der Waals surface area contributed by atoms with Crippen molar-refractivity contribution in [2.45, 2.75) is 12.6 Å². The SMILES string of the molecule is CN=C(NCc1ccc(Br)s1)N1CCOC(COC)C1. The van der Waals surface area contributed by atoms with E-state index in [9.17, 15) is 0 Å². The average molecular weight is 362 g/mol. The average Bonchev–Trinajstić information content (AvgIpc) is 2.86. The van der Waals surface area contributed by atoms with Gasteiger partial charge in [-0.25, -0.2) is 0 Å². The summed E-state index contributed by atoms with van der Waals surface area (Å²) >= 11 is 5.21. The van der Waals surface area contributed by atoms with Gasteiger partial charge in [-0.1, -0.05) is 0 Å². The number of hydrogen-bond donors (Lipinski definition) is 1. The van der Waals surface area contributed by atoms with Crippen molar-refractivity contribution in [1.29, 1.82) is 0 Å². The van der Waals surface area contributed by atoms with Crippen molar-refractivity contribution in [3.8, 4) is 0 Å². The Morgan fingerprint density at radius 2 is 2.50 bits per heavy atom. The van der Waals surface area contributed by atoms with Gasteiger partial charge in [-0.15, -0.1) is 11.3 Å². The van der Waals surface area contributed by atoms with Crippen LogP contribution in [0.2, 0.25) is 0 Å². The molecule has 0 saturated carbocycles. The maximum absolute atomic E-state index is 5.66. The summed E-state index contributed by atoms with van der Waals surface area (Å²) in [6.07, 6.45) is 0.114. The molecule has 0 amide bonds.